The number of carbonyl (C=O) groups excluding carboxylic acids is 2. The Morgan fingerprint density at radius 2 is 1.82 bits per heavy atom. The van der Waals surface area contributed by atoms with Crippen LogP contribution in [0, 0.1) is 0 Å². The van der Waals surface area contributed by atoms with E-state index < -0.39 is 23.6 Å². The van der Waals surface area contributed by atoms with E-state index in [0.29, 0.717) is 5.56 Å². The molecule has 0 atom stereocenters. The molecule has 1 aliphatic rings. The van der Waals surface area contributed by atoms with Crippen molar-refractivity contribution in [2.24, 2.45) is 0 Å². The van der Waals surface area contributed by atoms with E-state index in [1.807, 2.05) is 0 Å². The molecular formula is C10H7F3N2O2. The van der Waals surface area contributed by atoms with E-state index in [-0.39, 0.29) is 12.2 Å². The van der Waals surface area contributed by atoms with Gasteiger partial charge in [-0.3, -0.25) is 9.59 Å². The zero-order valence-corrected chi connectivity index (χ0v) is 8.39. The Morgan fingerprint density at radius 3 is 2.47 bits per heavy atom. The molecule has 0 bridgehead atoms. The Balaban J connectivity index is 2.43. The number of fused-ring (bicyclic) bond motifs is 1. The summed E-state index contributed by atoms with van der Waals surface area (Å²) in [6.45, 7) is 0.0189. The van der Waals surface area contributed by atoms with Gasteiger partial charge in [-0.05, 0) is 17.7 Å². The molecule has 0 saturated carbocycles. The molecule has 7 heteroatoms. The number of alkyl halides is 3. The first-order valence-corrected chi connectivity index (χ1v) is 4.67. The van der Waals surface area contributed by atoms with E-state index >= 15 is 0 Å². The maximum Gasteiger partial charge on any atom is 0.416 e. The normalized spacial score (nSPS) is 15.7. The number of carbonyl (C=O) groups is 2. The summed E-state index contributed by atoms with van der Waals surface area (Å²) in [7, 11) is 0. The van der Waals surface area contributed by atoms with Crippen LogP contribution in [-0.4, -0.2) is 11.8 Å². The van der Waals surface area contributed by atoms with Crippen LogP contribution in [0.4, 0.5) is 18.9 Å². The van der Waals surface area contributed by atoms with Crippen LogP contribution in [0.2, 0.25) is 0 Å². The molecule has 2 N–H and O–H groups in total. The third kappa shape index (κ3) is 2.22. The Labute approximate surface area is 93.8 Å². The van der Waals surface area contributed by atoms with E-state index in [4.69, 9.17) is 0 Å². The topological polar surface area (TPSA) is 58.2 Å². The Bertz CT molecular complexity index is 497. The zero-order chi connectivity index (χ0) is 12.6. The van der Waals surface area contributed by atoms with E-state index in [1.54, 1.807) is 0 Å². The van der Waals surface area contributed by atoms with Gasteiger partial charge in [0.1, 0.15) is 0 Å². The molecule has 17 heavy (non-hydrogen) atoms. The molecule has 0 unspecified atom stereocenters. The summed E-state index contributed by atoms with van der Waals surface area (Å²) in [4.78, 5) is 22.2. The molecule has 0 spiro atoms. The first-order valence-electron chi connectivity index (χ1n) is 4.67. The molecule has 1 heterocycles. The molecule has 0 radical (unpaired) electrons. The van der Waals surface area contributed by atoms with Gasteiger partial charge in [-0.15, -0.1) is 0 Å². The molecule has 2 rings (SSSR count). The van der Waals surface area contributed by atoms with Gasteiger partial charge in [0, 0.05) is 12.2 Å². The molecule has 2 amide bonds. The minimum atomic E-state index is -4.48. The minimum Gasteiger partial charge on any atom is -0.344 e. The smallest absolute Gasteiger partial charge is 0.344 e. The monoisotopic (exact) mass is 244 g/mol. The average Bonchev–Trinajstić information content (AvgIpc) is 2.37. The number of nitrogens with one attached hydrogen (secondary N) is 2. The number of benzene rings is 1. The highest BCUT2D eigenvalue weighted by Crippen LogP contribution is 2.32. The molecule has 0 saturated heterocycles. The van der Waals surface area contributed by atoms with Gasteiger partial charge in [-0.25, -0.2) is 0 Å². The number of hydrogen-bond donors (Lipinski definition) is 2. The van der Waals surface area contributed by atoms with Gasteiger partial charge in [0.2, 0.25) is 0 Å². The molecule has 0 aliphatic carbocycles. The second-order valence-corrected chi connectivity index (χ2v) is 3.51. The molecule has 0 fully saturated rings. The van der Waals surface area contributed by atoms with Crippen molar-refractivity contribution in [1.82, 2.24) is 5.32 Å². The standard InChI is InChI=1S/C10H7F3N2O2/c11-10(12,13)6-2-1-5-4-14-8(16)9(17)15-7(5)3-6/h1-3H,4H2,(H,14,16)(H,15,17). The Hall–Kier alpha value is -2.05. The first-order chi connectivity index (χ1) is 7.88. The van der Waals surface area contributed by atoms with Crippen molar-refractivity contribution in [3.63, 3.8) is 0 Å². The Morgan fingerprint density at radius 1 is 1.12 bits per heavy atom. The molecule has 4 nitrogen and oxygen atoms in total. The summed E-state index contributed by atoms with van der Waals surface area (Å²) in [6.07, 6.45) is -4.48. The van der Waals surface area contributed by atoms with Gasteiger partial charge in [-0.1, -0.05) is 6.07 Å². The summed E-state index contributed by atoms with van der Waals surface area (Å²) in [5, 5.41) is 4.41. The molecule has 90 valence electrons. The van der Waals surface area contributed by atoms with Crippen LogP contribution in [0.25, 0.3) is 0 Å². The molecule has 1 aromatic carbocycles. The molecule has 1 aliphatic heterocycles. The number of rotatable bonds is 0. The van der Waals surface area contributed by atoms with Crippen molar-refractivity contribution in [2.45, 2.75) is 12.7 Å². The maximum atomic E-state index is 12.4. The van der Waals surface area contributed by atoms with Gasteiger partial charge in [0.05, 0.1) is 5.56 Å². The molecule has 1 aromatic rings. The summed E-state index contributed by atoms with van der Waals surface area (Å²) in [6, 6.07) is 2.94. The van der Waals surface area contributed by atoms with Crippen molar-refractivity contribution < 1.29 is 22.8 Å². The highest BCUT2D eigenvalue weighted by Gasteiger charge is 2.32. The lowest BCUT2D eigenvalue weighted by atomic mass is 10.1. The highest BCUT2D eigenvalue weighted by molar-refractivity contribution is 6.40. The van der Waals surface area contributed by atoms with Crippen molar-refractivity contribution in [3.05, 3.63) is 29.3 Å². The van der Waals surface area contributed by atoms with Gasteiger partial charge in [0.25, 0.3) is 0 Å². The zero-order valence-electron chi connectivity index (χ0n) is 8.39. The summed E-state index contributed by atoms with van der Waals surface area (Å²) < 4.78 is 37.3. The van der Waals surface area contributed by atoms with Crippen LogP contribution in [0.15, 0.2) is 18.2 Å². The van der Waals surface area contributed by atoms with Crippen LogP contribution in [0.5, 0.6) is 0 Å². The maximum absolute atomic E-state index is 12.4. The van der Waals surface area contributed by atoms with E-state index in [1.165, 1.54) is 6.07 Å². The lowest BCUT2D eigenvalue weighted by molar-refractivity contribution is -0.137. The fourth-order valence-corrected chi connectivity index (χ4v) is 1.46. The van der Waals surface area contributed by atoms with Crippen LogP contribution in [0.1, 0.15) is 11.1 Å². The third-order valence-electron chi connectivity index (χ3n) is 2.33. The first kappa shape index (κ1) is 11.4. The van der Waals surface area contributed by atoms with Crippen LogP contribution >= 0.6 is 0 Å². The SMILES string of the molecule is O=C1NCc2ccc(C(F)(F)F)cc2NC1=O. The van der Waals surface area contributed by atoms with Crippen molar-refractivity contribution >= 4 is 17.5 Å². The number of halogens is 3. The summed E-state index contributed by atoms with van der Waals surface area (Å²) in [5.41, 5.74) is -0.439. The second kappa shape index (κ2) is 3.76. The number of hydrogen-bond acceptors (Lipinski definition) is 2. The fourth-order valence-electron chi connectivity index (χ4n) is 1.46. The fraction of sp³-hybridized carbons (Fsp3) is 0.200. The minimum absolute atomic E-state index is 0.00294. The summed E-state index contributed by atoms with van der Waals surface area (Å²) >= 11 is 0. The highest BCUT2D eigenvalue weighted by atomic mass is 19.4. The second-order valence-electron chi connectivity index (χ2n) is 3.51. The lowest BCUT2D eigenvalue weighted by Crippen LogP contribution is -2.31. The van der Waals surface area contributed by atoms with E-state index in [2.05, 4.69) is 10.6 Å². The van der Waals surface area contributed by atoms with Gasteiger partial charge < -0.3 is 10.6 Å². The largest absolute Gasteiger partial charge is 0.416 e. The van der Waals surface area contributed by atoms with Crippen molar-refractivity contribution in [3.8, 4) is 0 Å². The lowest BCUT2D eigenvalue weighted by Gasteiger charge is -2.10. The Kier molecular flexibility index (Phi) is 2.53. The van der Waals surface area contributed by atoms with Crippen LogP contribution in [-0.2, 0) is 22.3 Å². The van der Waals surface area contributed by atoms with E-state index in [0.717, 1.165) is 12.1 Å². The van der Waals surface area contributed by atoms with Gasteiger partial charge in [-0.2, -0.15) is 13.2 Å². The van der Waals surface area contributed by atoms with Gasteiger partial charge in [0.15, 0.2) is 0 Å². The van der Waals surface area contributed by atoms with Crippen LogP contribution < -0.4 is 10.6 Å². The average molecular weight is 244 g/mol. The predicted molar refractivity (Wildman–Crippen MR) is 51.9 cm³/mol. The number of anilines is 1. The quantitative estimate of drug-likeness (QED) is 0.675. The molecule has 0 aromatic heterocycles. The van der Waals surface area contributed by atoms with E-state index in [9.17, 15) is 22.8 Å². The summed E-state index contributed by atoms with van der Waals surface area (Å²) in [5.74, 6) is -1.84. The number of amides is 2. The van der Waals surface area contributed by atoms with Gasteiger partial charge >= 0.3 is 18.0 Å². The predicted octanol–water partition coefficient (Wildman–Crippen LogP) is 1.27. The molecular weight excluding hydrogens is 237 g/mol. The third-order valence-corrected chi connectivity index (χ3v) is 2.33. The van der Waals surface area contributed by atoms with Crippen molar-refractivity contribution in [1.29, 1.82) is 0 Å². The van der Waals surface area contributed by atoms with Crippen LogP contribution in [0.3, 0.4) is 0 Å². The van der Waals surface area contributed by atoms with Crippen molar-refractivity contribution in [2.75, 3.05) is 5.32 Å².